The molecule has 11 heteroatoms. The van der Waals surface area contributed by atoms with Gasteiger partial charge in [-0.25, -0.2) is 0 Å². The van der Waals surface area contributed by atoms with Crippen LogP contribution >= 0.6 is 0 Å². The maximum atomic E-state index is 13.0. The van der Waals surface area contributed by atoms with Crippen LogP contribution in [0.15, 0.2) is 18.2 Å². The average Bonchev–Trinajstić information content (AvgIpc) is 3.66. The molecule has 4 aliphatic rings. The zero-order chi connectivity index (χ0) is 35.2. The fraction of sp³-hybridized carbons (Fsp3) is 0.816. The minimum absolute atomic E-state index is 0.0141. The van der Waals surface area contributed by atoms with Gasteiger partial charge in [0.1, 0.15) is 5.75 Å². The van der Waals surface area contributed by atoms with Crippen LogP contribution in [0.1, 0.15) is 127 Å². The predicted molar refractivity (Wildman–Crippen MR) is 182 cm³/mol. The summed E-state index contributed by atoms with van der Waals surface area (Å²) in [6.07, 6.45) is 7.94. The third-order valence-electron chi connectivity index (χ3n) is 12.3. The van der Waals surface area contributed by atoms with E-state index in [0.29, 0.717) is 48.1 Å². The smallest absolute Gasteiger partial charge is 0.426 e. The molecular weight excluding hydrogens is 661 g/mol. The number of fused-ring (bicyclic) bond motifs is 5. The van der Waals surface area contributed by atoms with E-state index >= 15 is 0 Å². The standard InChI is InChI=1S/C38H56F5NO4S/c1-36-19-17-31-30-14-13-29(48-34(46)26-44-20-8-9-21-44)25-28(30)24-27(35(31)32(36)15-16-33(36)45)12-7-5-3-2-4-6-10-22-49(47)23-11-18-37(39,40)38(41,42)43/h13-14,25,27,31-33,35,45H,2-12,15-24,26H2,1H3/t27-,31-,32+,33+,35-,36+,49?/m1/s1. The summed E-state index contributed by atoms with van der Waals surface area (Å²) < 4.78 is 80.8. The van der Waals surface area contributed by atoms with E-state index in [1.54, 1.807) is 0 Å². The molecule has 0 spiro atoms. The molecule has 1 N–H and O–H groups in total. The highest BCUT2D eigenvalue weighted by Crippen LogP contribution is 2.62. The van der Waals surface area contributed by atoms with Crippen molar-refractivity contribution in [2.75, 3.05) is 31.1 Å². The molecule has 5 rings (SSSR count). The Morgan fingerprint density at radius 1 is 0.959 bits per heavy atom. The molecule has 49 heavy (non-hydrogen) atoms. The van der Waals surface area contributed by atoms with Crippen molar-refractivity contribution < 1.29 is 40.8 Å². The van der Waals surface area contributed by atoms with E-state index in [0.717, 1.165) is 103 Å². The predicted octanol–water partition coefficient (Wildman–Crippen LogP) is 8.98. The summed E-state index contributed by atoms with van der Waals surface area (Å²) in [5.41, 5.74) is 2.70. The second-order valence-corrected chi connectivity index (χ2v) is 17.3. The molecule has 3 aliphatic carbocycles. The Hall–Kier alpha value is -1.59. The summed E-state index contributed by atoms with van der Waals surface area (Å²) in [7, 11) is -1.37. The van der Waals surface area contributed by atoms with E-state index in [1.807, 2.05) is 6.07 Å². The van der Waals surface area contributed by atoms with Gasteiger partial charge >= 0.3 is 18.1 Å². The van der Waals surface area contributed by atoms with Crippen molar-refractivity contribution in [1.82, 2.24) is 4.90 Å². The van der Waals surface area contributed by atoms with Crippen LogP contribution in [-0.2, 0) is 22.0 Å². The molecule has 0 radical (unpaired) electrons. The van der Waals surface area contributed by atoms with Crippen molar-refractivity contribution in [3.63, 3.8) is 0 Å². The zero-order valence-corrected chi connectivity index (χ0v) is 29.9. The number of esters is 1. The van der Waals surface area contributed by atoms with Gasteiger partial charge in [-0.05, 0) is 130 Å². The van der Waals surface area contributed by atoms with Gasteiger partial charge in [0.25, 0.3) is 0 Å². The molecule has 1 unspecified atom stereocenters. The van der Waals surface area contributed by atoms with Crippen molar-refractivity contribution in [2.45, 2.75) is 140 Å². The molecule has 7 atom stereocenters. The Bertz CT molecular complexity index is 1270. The number of benzene rings is 1. The number of nitrogens with zero attached hydrogens (tertiary/aromatic N) is 1. The number of halogens is 5. The van der Waals surface area contributed by atoms with E-state index in [2.05, 4.69) is 24.0 Å². The molecule has 1 saturated heterocycles. The lowest BCUT2D eigenvalue weighted by Crippen LogP contribution is -2.47. The van der Waals surface area contributed by atoms with Crippen molar-refractivity contribution in [3.8, 4) is 5.75 Å². The van der Waals surface area contributed by atoms with Gasteiger partial charge in [0, 0.05) is 28.7 Å². The van der Waals surface area contributed by atoms with Gasteiger partial charge in [-0.2, -0.15) is 22.0 Å². The monoisotopic (exact) mass is 717 g/mol. The van der Waals surface area contributed by atoms with E-state index in [1.165, 1.54) is 11.1 Å². The van der Waals surface area contributed by atoms with Gasteiger partial charge in [-0.3, -0.25) is 13.9 Å². The number of unbranched alkanes of at least 4 members (excludes halogenated alkanes) is 6. The summed E-state index contributed by atoms with van der Waals surface area (Å²) >= 11 is 0. The Morgan fingerprint density at radius 3 is 2.35 bits per heavy atom. The van der Waals surface area contributed by atoms with Crippen LogP contribution in [0.5, 0.6) is 5.75 Å². The maximum Gasteiger partial charge on any atom is 0.453 e. The van der Waals surface area contributed by atoms with Gasteiger partial charge in [0.2, 0.25) is 0 Å². The van der Waals surface area contributed by atoms with Crippen LogP contribution in [0, 0.1) is 23.2 Å². The fourth-order valence-electron chi connectivity index (χ4n) is 9.62. The van der Waals surface area contributed by atoms with Gasteiger partial charge in [-0.1, -0.05) is 51.5 Å². The first-order valence-electron chi connectivity index (χ1n) is 18.8. The Labute approximate surface area is 291 Å². The van der Waals surface area contributed by atoms with Crippen LogP contribution in [0.2, 0.25) is 0 Å². The first-order chi connectivity index (χ1) is 23.3. The van der Waals surface area contributed by atoms with Crippen LogP contribution in [0.3, 0.4) is 0 Å². The highest BCUT2D eigenvalue weighted by atomic mass is 32.2. The number of likely N-dealkylation sites (tertiary alicyclic amines) is 1. The molecule has 0 amide bonds. The summed E-state index contributed by atoms with van der Waals surface area (Å²) in [6, 6.07) is 6.30. The Kier molecular flexibility index (Phi) is 13.3. The number of carbonyl (C=O) groups excluding carboxylic acids is 1. The normalized spacial score (nSPS) is 29.3. The lowest BCUT2D eigenvalue weighted by atomic mass is 9.52. The quantitative estimate of drug-likeness (QED) is 0.0755. The molecule has 1 aromatic rings. The average molecular weight is 718 g/mol. The second-order valence-electron chi connectivity index (χ2n) is 15.6. The van der Waals surface area contributed by atoms with Crippen molar-refractivity contribution in [1.29, 1.82) is 0 Å². The third-order valence-corrected chi connectivity index (χ3v) is 13.8. The molecule has 1 aliphatic heterocycles. The minimum Gasteiger partial charge on any atom is -0.426 e. The van der Waals surface area contributed by atoms with Gasteiger partial charge in [0.15, 0.2) is 0 Å². The van der Waals surface area contributed by atoms with Gasteiger partial charge in [0.05, 0.1) is 12.6 Å². The van der Waals surface area contributed by atoms with E-state index in [4.69, 9.17) is 4.74 Å². The molecule has 1 heterocycles. The molecule has 0 bridgehead atoms. The Balaban J connectivity index is 1.07. The van der Waals surface area contributed by atoms with Crippen molar-refractivity contribution in [3.05, 3.63) is 29.3 Å². The summed E-state index contributed by atoms with van der Waals surface area (Å²) in [6.45, 7) is 4.55. The summed E-state index contributed by atoms with van der Waals surface area (Å²) in [4.78, 5) is 14.8. The third kappa shape index (κ3) is 9.65. The highest BCUT2D eigenvalue weighted by Gasteiger charge is 2.57. The second kappa shape index (κ2) is 16.8. The first kappa shape index (κ1) is 38.6. The molecule has 5 nitrogen and oxygen atoms in total. The molecule has 2 saturated carbocycles. The highest BCUT2D eigenvalue weighted by molar-refractivity contribution is 7.84. The van der Waals surface area contributed by atoms with Crippen LogP contribution in [-0.4, -0.2) is 69.5 Å². The van der Waals surface area contributed by atoms with Crippen LogP contribution in [0.25, 0.3) is 0 Å². The molecule has 3 fully saturated rings. The number of aliphatic hydroxyl groups excluding tert-OH is 1. The number of rotatable bonds is 17. The fourth-order valence-corrected chi connectivity index (χ4v) is 10.8. The lowest BCUT2D eigenvalue weighted by molar-refractivity contribution is -0.284. The first-order valence-corrected chi connectivity index (χ1v) is 20.3. The van der Waals surface area contributed by atoms with E-state index in [-0.39, 0.29) is 23.2 Å². The van der Waals surface area contributed by atoms with Crippen molar-refractivity contribution >= 4 is 16.8 Å². The number of carbonyl (C=O) groups is 1. The number of hydrogen-bond donors (Lipinski definition) is 1. The number of hydrogen-bond acceptors (Lipinski definition) is 5. The zero-order valence-electron chi connectivity index (χ0n) is 29.1. The van der Waals surface area contributed by atoms with E-state index in [9.17, 15) is 36.1 Å². The molecule has 0 aromatic heterocycles. The van der Waals surface area contributed by atoms with Gasteiger partial charge < -0.3 is 9.84 Å². The number of aliphatic hydroxyl groups is 1. The number of alkyl halides is 5. The Morgan fingerprint density at radius 2 is 1.63 bits per heavy atom. The van der Waals surface area contributed by atoms with Crippen LogP contribution < -0.4 is 4.74 Å². The maximum absolute atomic E-state index is 13.0. The lowest BCUT2D eigenvalue weighted by Gasteiger charge is -2.53. The van der Waals surface area contributed by atoms with Crippen molar-refractivity contribution in [2.24, 2.45) is 23.2 Å². The largest absolute Gasteiger partial charge is 0.453 e. The molecule has 1 aromatic carbocycles. The topological polar surface area (TPSA) is 66.8 Å². The molecular formula is C38H56F5NO4S. The minimum atomic E-state index is -5.55. The van der Waals surface area contributed by atoms with Crippen LogP contribution in [0.4, 0.5) is 22.0 Å². The SMILES string of the molecule is C[C@]12CC[C@@H]3c4ccc(OC(=O)CN5CCCC5)cc4C[C@@H](CCCCCCCCCS(=O)CCCC(F)(F)C(F)(F)F)[C@H]3[C@@H]1CC[C@@H]2O. The molecule has 278 valence electrons. The van der Waals surface area contributed by atoms with E-state index < -0.39 is 35.7 Å². The van der Waals surface area contributed by atoms with Gasteiger partial charge in [-0.15, -0.1) is 0 Å². The summed E-state index contributed by atoms with van der Waals surface area (Å²) in [5.74, 6) is -1.99. The summed E-state index contributed by atoms with van der Waals surface area (Å²) in [5, 5.41) is 11.0. The number of ether oxygens (including phenoxy) is 1.